The quantitative estimate of drug-likeness (QED) is 0.820. The van der Waals surface area contributed by atoms with Crippen LogP contribution in [0, 0.1) is 0 Å². The molecule has 0 aromatic carbocycles. The van der Waals surface area contributed by atoms with Gasteiger partial charge in [-0.2, -0.15) is 0 Å². The van der Waals surface area contributed by atoms with Crippen LogP contribution < -0.4 is 4.90 Å². The number of aliphatic hydroxyl groups excluding tert-OH is 1. The number of hydrogen-bond donors (Lipinski definition) is 2. The smallest absolute Gasteiger partial charge is 0.138 e. The number of morpholine rings is 1. The SMILES string of the molecule is CC1(C)OCC(O)(CO)c2cnc(N3CCOCC3)cc21. The van der Waals surface area contributed by atoms with E-state index in [2.05, 4.69) is 9.88 Å². The van der Waals surface area contributed by atoms with Gasteiger partial charge in [0.1, 0.15) is 11.4 Å². The Labute approximate surface area is 124 Å². The van der Waals surface area contributed by atoms with Gasteiger partial charge in [-0.05, 0) is 25.5 Å². The summed E-state index contributed by atoms with van der Waals surface area (Å²) in [5.41, 5.74) is -0.359. The zero-order valence-corrected chi connectivity index (χ0v) is 12.5. The van der Waals surface area contributed by atoms with Crippen molar-refractivity contribution in [3.63, 3.8) is 0 Å². The lowest BCUT2D eigenvalue weighted by Crippen LogP contribution is -2.46. The van der Waals surface area contributed by atoms with Crippen LogP contribution in [0.2, 0.25) is 0 Å². The molecule has 1 unspecified atom stereocenters. The first-order valence-corrected chi connectivity index (χ1v) is 7.27. The Bertz CT molecular complexity index is 528. The molecule has 1 saturated heterocycles. The van der Waals surface area contributed by atoms with Crippen LogP contribution in [-0.2, 0) is 20.7 Å². The average molecular weight is 294 g/mol. The van der Waals surface area contributed by atoms with E-state index in [-0.39, 0.29) is 13.2 Å². The standard InChI is InChI=1S/C15H22N2O4/c1-14(2)11-7-13(17-3-5-20-6-4-17)16-8-12(11)15(19,9-18)10-21-14/h7-8,18-19H,3-6,9-10H2,1-2H3. The summed E-state index contributed by atoms with van der Waals surface area (Å²) in [6.07, 6.45) is 1.67. The molecular weight excluding hydrogens is 272 g/mol. The van der Waals surface area contributed by atoms with Crippen molar-refractivity contribution in [3.05, 3.63) is 23.4 Å². The second-order valence-electron chi connectivity index (χ2n) is 6.18. The normalized spacial score (nSPS) is 28.3. The van der Waals surface area contributed by atoms with E-state index in [1.807, 2.05) is 19.9 Å². The van der Waals surface area contributed by atoms with Crippen LogP contribution in [0.4, 0.5) is 5.82 Å². The fraction of sp³-hybridized carbons (Fsp3) is 0.667. The Kier molecular flexibility index (Phi) is 3.65. The van der Waals surface area contributed by atoms with Gasteiger partial charge >= 0.3 is 0 Å². The minimum atomic E-state index is -1.37. The summed E-state index contributed by atoms with van der Waals surface area (Å²) < 4.78 is 11.1. The molecule has 0 saturated carbocycles. The molecule has 21 heavy (non-hydrogen) atoms. The molecule has 1 aromatic heterocycles. The number of fused-ring (bicyclic) bond motifs is 1. The highest BCUT2D eigenvalue weighted by atomic mass is 16.5. The molecule has 6 nitrogen and oxygen atoms in total. The van der Waals surface area contributed by atoms with Gasteiger partial charge < -0.3 is 24.6 Å². The molecule has 1 fully saturated rings. The fourth-order valence-corrected chi connectivity index (χ4v) is 2.86. The number of anilines is 1. The number of aromatic nitrogens is 1. The Morgan fingerprint density at radius 1 is 1.29 bits per heavy atom. The number of aliphatic hydroxyl groups is 2. The molecule has 0 spiro atoms. The van der Waals surface area contributed by atoms with E-state index >= 15 is 0 Å². The van der Waals surface area contributed by atoms with Gasteiger partial charge in [0.25, 0.3) is 0 Å². The van der Waals surface area contributed by atoms with Gasteiger partial charge in [0, 0.05) is 24.8 Å². The third-order valence-electron chi connectivity index (χ3n) is 4.31. The molecule has 116 valence electrons. The van der Waals surface area contributed by atoms with Gasteiger partial charge in [-0.25, -0.2) is 4.98 Å². The van der Waals surface area contributed by atoms with Gasteiger partial charge in [0.15, 0.2) is 0 Å². The summed E-state index contributed by atoms with van der Waals surface area (Å²) >= 11 is 0. The molecule has 2 aliphatic rings. The van der Waals surface area contributed by atoms with Crippen molar-refractivity contribution in [2.24, 2.45) is 0 Å². The maximum atomic E-state index is 10.5. The molecule has 0 amide bonds. The highest BCUT2D eigenvalue weighted by Crippen LogP contribution is 2.40. The van der Waals surface area contributed by atoms with Crippen LogP contribution in [0.3, 0.4) is 0 Å². The Balaban J connectivity index is 2.02. The maximum Gasteiger partial charge on any atom is 0.138 e. The van der Waals surface area contributed by atoms with E-state index in [1.54, 1.807) is 6.20 Å². The van der Waals surface area contributed by atoms with E-state index in [0.29, 0.717) is 18.8 Å². The number of pyridine rings is 1. The van der Waals surface area contributed by atoms with Gasteiger partial charge in [-0.15, -0.1) is 0 Å². The molecule has 0 bridgehead atoms. The lowest BCUT2D eigenvalue weighted by Gasteiger charge is -2.41. The Morgan fingerprint density at radius 2 is 2.00 bits per heavy atom. The van der Waals surface area contributed by atoms with Crippen molar-refractivity contribution in [2.75, 3.05) is 44.4 Å². The predicted molar refractivity (Wildman–Crippen MR) is 77.2 cm³/mol. The van der Waals surface area contributed by atoms with Crippen molar-refractivity contribution in [1.82, 2.24) is 4.98 Å². The lowest BCUT2D eigenvalue weighted by molar-refractivity contribution is -0.150. The largest absolute Gasteiger partial charge is 0.393 e. The fourth-order valence-electron chi connectivity index (χ4n) is 2.86. The molecule has 0 radical (unpaired) electrons. The zero-order valence-electron chi connectivity index (χ0n) is 12.5. The maximum absolute atomic E-state index is 10.5. The summed E-state index contributed by atoms with van der Waals surface area (Å²) in [6, 6.07) is 1.96. The van der Waals surface area contributed by atoms with Crippen molar-refractivity contribution >= 4 is 5.82 Å². The first-order chi connectivity index (χ1) is 9.96. The Morgan fingerprint density at radius 3 is 2.67 bits per heavy atom. The van der Waals surface area contributed by atoms with Gasteiger partial charge in [0.05, 0.1) is 32.0 Å². The van der Waals surface area contributed by atoms with Crippen molar-refractivity contribution in [2.45, 2.75) is 25.0 Å². The van der Waals surface area contributed by atoms with Crippen molar-refractivity contribution < 1.29 is 19.7 Å². The van der Waals surface area contributed by atoms with E-state index in [1.165, 1.54) is 0 Å². The second-order valence-corrected chi connectivity index (χ2v) is 6.18. The van der Waals surface area contributed by atoms with E-state index in [4.69, 9.17) is 9.47 Å². The van der Waals surface area contributed by atoms with Crippen molar-refractivity contribution in [1.29, 1.82) is 0 Å². The van der Waals surface area contributed by atoms with Gasteiger partial charge in [-0.3, -0.25) is 0 Å². The van der Waals surface area contributed by atoms with Gasteiger partial charge in [-0.1, -0.05) is 0 Å². The number of rotatable bonds is 2. The number of hydrogen-bond acceptors (Lipinski definition) is 6. The second kappa shape index (κ2) is 5.21. The van der Waals surface area contributed by atoms with Crippen LogP contribution in [-0.4, -0.2) is 54.7 Å². The minimum absolute atomic E-state index is 0.0715. The first-order valence-electron chi connectivity index (χ1n) is 7.27. The molecule has 3 rings (SSSR count). The summed E-state index contributed by atoms with van der Waals surface area (Å²) in [6.45, 7) is 6.61. The van der Waals surface area contributed by atoms with Crippen LogP contribution in [0.15, 0.2) is 12.3 Å². The molecule has 0 aliphatic carbocycles. The lowest BCUT2D eigenvalue weighted by atomic mass is 9.82. The first kappa shape index (κ1) is 14.7. The van der Waals surface area contributed by atoms with Crippen LogP contribution in [0.1, 0.15) is 25.0 Å². The zero-order chi connectivity index (χ0) is 15.1. The monoisotopic (exact) mass is 294 g/mol. The van der Waals surface area contributed by atoms with Crippen molar-refractivity contribution in [3.8, 4) is 0 Å². The van der Waals surface area contributed by atoms with Gasteiger partial charge in [0.2, 0.25) is 0 Å². The average Bonchev–Trinajstić information content (AvgIpc) is 2.52. The number of nitrogens with zero attached hydrogens (tertiary/aromatic N) is 2. The minimum Gasteiger partial charge on any atom is -0.393 e. The van der Waals surface area contributed by atoms with E-state index in [0.717, 1.165) is 24.5 Å². The predicted octanol–water partition coefficient (Wildman–Crippen LogP) is 0.363. The van der Waals surface area contributed by atoms with E-state index in [9.17, 15) is 10.2 Å². The van der Waals surface area contributed by atoms with Crippen LogP contribution in [0.25, 0.3) is 0 Å². The van der Waals surface area contributed by atoms with Crippen LogP contribution in [0.5, 0.6) is 0 Å². The molecule has 2 aliphatic heterocycles. The molecule has 2 N–H and O–H groups in total. The third-order valence-corrected chi connectivity index (χ3v) is 4.31. The summed E-state index contributed by atoms with van der Waals surface area (Å²) in [5.74, 6) is 0.857. The summed E-state index contributed by atoms with van der Waals surface area (Å²) in [5, 5.41) is 20.0. The Hall–Kier alpha value is -1.21. The van der Waals surface area contributed by atoms with Crippen LogP contribution >= 0.6 is 0 Å². The third kappa shape index (κ3) is 2.53. The summed E-state index contributed by atoms with van der Waals surface area (Å²) in [4.78, 5) is 6.63. The highest BCUT2D eigenvalue weighted by molar-refractivity contribution is 5.48. The molecule has 1 atom stereocenters. The summed E-state index contributed by atoms with van der Waals surface area (Å²) in [7, 11) is 0. The molecule has 3 heterocycles. The molecule has 6 heteroatoms. The topological polar surface area (TPSA) is 75.0 Å². The number of ether oxygens (including phenoxy) is 2. The molecular formula is C15H22N2O4. The molecule has 1 aromatic rings. The van der Waals surface area contributed by atoms with E-state index < -0.39 is 11.2 Å². The highest BCUT2D eigenvalue weighted by Gasteiger charge is 2.43.